The van der Waals surface area contributed by atoms with Crippen LogP contribution in [-0.4, -0.2) is 22.6 Å². The number of nitrogens with one attached hydrogen (secondary N) is 1. The fraction of sp³-hybridized carbons (Fsp3) is 0.933. The van der Waals surface area contributed by atoms with E-state index < -0.39 is 0 Å². The van der Waals surface area contributed by atoms with Gasteiger partial charge in [0.2, 0.25) is 0 Å². The first-order chi connectivity index (χ1) is 8.49. The molecule has 0 bridgehead atoms. The van der Waals surface area contributed by atoms with E-state index in [2.05, 4.69) is 43.9 Å². The minimum absolute atomic E-state index is 0.360. The lowest BCUT2D eigenvalue weighted by Gasteiger charge is -2.31. The lowest BCUT2D eigenvalue weighted by atomic mass is 9.90. The fourth-order valence-electron chi connectivity index (χ4n) is 3.00. The molecule has 0 saturated heterocycles. The normalized spacial score (nSPS) is 29.3. The second kappa shape index (κ2) is 7.40. The van der Waals surface area contributed by atoms with Crippen LogP contribution in [0.15, 0.2) is 0 Å². The zero-order valence-electron chi connectivity index (χ0n) is 12.3. The van der Waals surface area contributed by atoms with Crippen molar-refractivity contribution < 1.29 is 0 Å². The quantitative estimate of drug-likeness (QED) is 0.792. The minimum atomic E-state index is -0.360. The highest BCUT2D eigenvalue weighted by Crippen LogP contribution is 2.36. The number of nitrogens with zero attached hydrogens (tertiary/aromatic N) is 1. The molecule has 4 unspecified atom stereocenters. The van der Waals surface area contributed by atoms with Crippen molar-refractivity contribution >= 4 is 11.8 Å². The van der Waals surface area contributed by atoms with Crippen molar-refractivity contribution in [1.82, 2.24) is 5.32 Å². The topological polar surface area (TPSA) is 35.8 Å². The van der Waals surface area contributed by atoms with Crippen molar-refractivity contribution in [3.63, 3.8) is 0 Å². The van der Waals surface area contributed by atoms with Crippen LogP contribution in [-0.2, 0) is 0 Å². The Labute approximate surface area is 117 Å². The third kappa shape index (κ3) is 5.20. The Bertz CT molecular complexity index is 287. The molecule has 0 spiro atoms. The first-order valence-corrected chi connectivity index (χ1v) is 8.25. The van der Waals surface area contributed by atoms with Crippen LogP contribution in [0.5, 0.6) is 0 Å². The smallest absolute Gasteiger partial charge is 0.104 e. The average molecular weight is 268 g/mol. The van der Waals surface area contributed by atoms with Crippen LogP contribution in [0.4, 0.5) is 0 Å². The van der Waals surface area contributed by atoms with Crippen molar-refractivity contribution in [1.29, 1.82) is 5.26 Å². The molecule has 1 fully saturated rings. The fourth-order valence-corrected chi connectivity index (χ4v) is 4.83. The maximum atomic E-state index is 9.29. The highest BCUT2D eigenvalue weighted by atomic mass is 32.2. The van der Waals surface area contributed by atoms with Gasteiger partial charge in [0.1, 0.15) is 5.54 Å². The summed E-state index contributed by atoms with van der Waals surface area (Å²) >= 11 is 2.10. The van der Waals surface area contributed by atoms with Gasteiger partial charge in [-0.2, -0.15) is 17.0 Å². The molecule has 4 atom stereocenters. The summed E-state index contributed by atoms with van der Waals surface area (Å²) in [4.78, 5) is 0. The van der Waals surface area contributed by atoms with Crippen LogP contribution in [0.2, 0.25) is 0 Å². The molecule has 2 nitrogen and oxygen atoms in total. The Kier molecular flexibility index (Phi) is 6.52. The number of nitriles is 1. The van der Waals surface area contributed by atoms with Crippen LogP contribution < -0.4 is 5.32 Å². The monoisotopic (exact) mass is 268 g/mol. The highest BCUT2D eigenvalue weighted by Gasteiger charge is 2.28. The van der Waals surface area contributed by atoms with Crippen molar-refractivity contribution in [2.45, 2.75) is 75.8 Å². The molecule has 0 amide bonds. The summed E-state index contributed by atoms with van der Waals surface area (Å²) in [5, 5.41) is 14.0. The molecule has 1 aliphatic rings. The Morgan fingerprint density at radius 1 is 1.50 bits per heavy atom. The number of rotatable bonds is 6. The van der Waals surface area contributed by atoms with Crippen LogP contribution in [0.25, 0.3) is 0 Å². The first kappa shape index (κ1) is 15.9. The first-order valence-electron chi connectivity index (χ1n) is 7.31. The van der Waals surface area contributed by atoms with E-state index in [-0.39, 0.29) is 5.54 Å². The summed E-state index contributed by atoms with van der Waals surface area (Å²) in [6, 6.07) is 2.43. The molecule has 1 aliphatic carbocycles. The molecule has 0 aliphatic heterocycles. The van der Waals surface area contributed by atoms with Gasteiger partial charge >= 0.3 is 0 Å². The van der Waals surface area contributed by atoms with Gasteiger partial charge < -0.3 is 0 Å². The Balaban J connectivity index is 2.40. The van der Waals surface area contributed by atoms with E-state index in [0.29, 0.717) is 5.25 Å². The van der Waals surface area contributed by atoms with Crippen molar-refractivity contribution in [3.8, 4) is 6.07 Å². The molecule has 0 radical (unpaired) electrons. The summed E-state index contributed by atoms with van der Waals surface area (Å²) in [5.74, 6) is 0.888. The van der Waals surface area contributed by atoms with Gasteiger partial charge in [0.25, 0.3) is 0 Å². The van der Waals surface area contributed by atoms with Crippen LogP contribution in [0.3, 0.4) is 0 Å². The van der Waals surface area contributed by atoms with Crippen LogP contribution in [0.1, 0.15) is 59.8 Å². The van der Waals surface area contributed by atoms with Gasteiger partial charge in [0.05, 0.1) is 6.07 Å². The van der Waals surface area contributed by atoms with Gasteiger partial charge in [0, 0.05) is 10.5 Å². The van der Waals surface area contributed by atoms with Gasteiger partial charge in [-0.1, -0.05) is 33.6 Å². The maximum absolute atomic E-state index is 9.29. The van der Waals surface area contributed by atoms with Crippen LogP contribution >= 0.6 is 11.8 Å². The van der Waals surface area contributed by atoms with Gasteiger partial charge in [-0.05, 0) is 38.6 Å². The lowest BCUT2D eigenvalue weighted by molar-refractivity contribution is 0.391. The van der Waals surface area contributed by atoms with E-state index >= 15 is 0 Å². The molecule has 0 aromatic rings. The lowest BCUT2D eigenvalue weighted by Crippen LogP contribution is -2.42. The molecule has 18 heavy (non-hydrogen) atoms. The van der Waals surface area contributed by atoms with Gasteiger partial charge in [-0.25, -0.2) is 0 Å². The molecule has 104 valence electrons. The number of thioether (sulfide) groups is 1. The molecule has 1 saturated carbocycles. The van der Waals surface area contributed by atoms with Crippen LogP contribution in [0, 0.1) is 17.2 Å². The predicted molar refractivity (Wildman–Crippen MR) is 80.8 cm³/mol. The van der Waals surface area contributed by atoms with Gasteiger partial charge in [-0.3, -0.25) is 5.32 Å². The van der Waals surface area contributed by atoms with E-state index in [1.807, 2.05) is 6.92 Å². The second-order valence-electron chi connectivity index (χ2n) is 6.02. The summed E-state index contributed by atoms with van der Waals surface area (Å²) in [6.07, 6.45) is 6.45. The standard InChI is InChI=1S/C15H28N2S/c1-5-17-15(4,11-16)10-13(3)18-14-8-6-7-12(2)9-14/h12-14,17H,5-10H2,1-4H3. The number of hydrogen-bond donors (Lipinski definition) is 1. The predicted octanol–water partition coefficient (Wildman–Crippen LogP) is 3.97. The third-order valence-corrected chi connectivity index (χ3v) is 5.27. The Hall–Kier alpha value is -0.200. The van der Waals surface area contributed by atoms with E-state index in [1.165, 1.54) is 25.7 Å². The summed E-state index contributed by atoms with van der Waals surface area (Å²) < 4.78 is 0. The third-order valence-electron chi connectivity index (χ3n) is 3.82. The van der Waals surface area contributed by atoms with E-state index in [9.17, 15) is 5.26 Å². The van der Waals surface area contributed by atoms with Gasteiger partial charge in [-0.15, -0.1) is 0 Å². The minimum Gasteiger partial charge on any atom is -0.300 e. The summed E-state index contributed by atoms with van der Waals surface area (Å²) in [5.41, 5.74) is -0.360. The number of hydrogen-bond acceptors (Lipinski definition) is 3. The second-order valence-corrected chi connectivity index (χ2v) is 7.76. The molecule has 1 rings (SSSR count). The SMILES string of the molecule is CCNC(C)(C#N)CC(C)SC1CCCC(C)C1. The molecule has 0 aromatic heterocycles. The summed E-state index contributed by atoms with van der Waals surface area (Å²) in [7, 11) is 0. The van der Waals surface area contributed by atoms with Gasteiger partial charge in [0.15, 0.2) is 0 Å². The largest absolute Gasteiger partial charge is 0.300 e. The zero-order chi connectivity index (χ0) is 13.6. The van der Waals surface area contributed by atoms with E-state index in [0.717, 1.165) is 24.1 Å². The van der Waals surface area contributed by atoms with Crippen molar-refractivity contribution in [2.24, 2.45) is 5.92 Å². The highest BCUT2D eigenvalue weighted by molar-refractivity contribution is 8.00. The summed E-state index contributed by atoms with van der Waals surface area (Å²) in [6.45, 7) is 9.60. The molecular formula is C15H28N2S. The maximum Gasteiger partial charge on any atom is 0.104 e. The van der Waals surface area contributed by atoms with Crippen molar-refractivity contribution in [3.05, 3.63) is 0 Å². The van der Waals surface area contributed by atoms with E-state index in [4.69, 9.17) is 0 Å². The van der Waals surface area contributed by atoms with E-state index in [1.54, 1.807) is 0 Å². The Morgan fingerprint density at radius 2 is 2.22 bits per heavy atom. The zero-order valence-corrected chi connectivity index (χ0v) is 13.1. The molecule has 3 heteroatoms. The Morgan fingerprint density at radius 3 is 2.78 bits per heavy atom. The van der Waals surface area contributed by atoms with Crippen molar-refractivity contribution in [2.75, 3.05) is 6.54 Å². The molecule has 1 N–H and O–H groups in total. The average Bonchev–Trinajstić information content (AvgIpc) is 2.29. The molecule has 0 heterocycles. The molecular weight excluding hydrogens is 240 g/mol. The molecule has 0 aromatic carbocycles.